The highest BCUT2D eigenvalue weighted by Gasteiger charge is 2.39. The Morgan fingerprint density at radius 2 is 2.11 bits per heavy atom. The molecule has 0 radical (unpaired) electrons. The van der Waals surface area contributed by atoms with Crippen molar-refractivity contribution in [3.63, 3.8) is 0 Å². The van der Waals surface area contributed by atoms with Crippen LogP contribution >= 0.6 is 0 Å². The molecule has 1 saturated heterocycles. The molecule has 1 aliphatic carbocycles. The highest BCUT2D eigenvalue weighted by atomic mass is 16.7. The first-order chi connectivity index (χ1) is 13.2. The van der Waals surface area contributed by atoms with Crippen molar-refractivity contribution in [1.82, 2.24) is 10.4 Å². The van der Waals surface area contributed by atoms with Gasteiger partial charge in [-0.05, 0) is 42.0 Å². The molecule has 3 heterocycles. The maximum absolute atomic E-state index is 13.0. The van der Waals surface area contributed by atoms with Crippen molar-refractivity contribution >= 4 is 17.2 Å². The van der Waals surface area contributed by atoms with Crippen molar-refractivity contribution in [3.8, 4) is 0 Å². The van der Waals surface area contributed by atoms with Gasteiger partial charge < -0.3 is 15.4 Å². The number of ether oxygens (including phenoxy) is 1. The topological polar surface area (TPSA) is 62.8 Å². The van der Waals surface area contributed by atoms with Crippen LogP contribution in [0.25, 0.3) is 5.57 Å². The van der Waals surface area contributed by atoms with Gasteiger partial charge in [0.25, 0.3) is 5.91 Å². The molecule has 5 rings (SSSR count). The zero-order valence-electron chi connectivity index (χ0n) is 15.7. The van der Waals surface area contributed by atoms with E-state index in [4.69, 9.17) is 9.57 Å². The predicted octanol–water partition coefficient (Wildman–Crippen LogP) is 2.14. The Morgan fingerprint density at radius 3 is 2.96 bits per heavy atom. The average molecular weight is 369 g/mol. The first-order valence-corrected chi connectivity index (χ1v) is 10.0. The highest BCUT2D eigenvalue weighted by molar-refractivity contribution is 5.87. The molecule has 27 heavy (non-hydrogen) atoms. The number of amides is 1. The third-order valence-electron chi connectivity index (χ3n) is 6.33. The van der Waals surface area contributed by atoms with Crippen LogP contribution < -0.4 is 10.6 Å². The molecule has 6 heteroatoms. The Balaban J connectivity index is 1.36. The lowest BCUT2D eigenvalue weighted by Crippen LogP contribution is -2.47. The third-order valence-corrected chi connectivity index (χ3v) is 6.33. The minimum Gasteiger partial charge on any atom is -0.384 e. The van der Waals surface area contributed by atoms with Crippen LogP contribution in [-0.4, -0.2) is 56.5 Å². The summed E-state index contributed by atoms with van der Waals surface area (Å²) in [4.78, 5) is 18.9. The summed E-state index contributed by atoms with van der Waals surface area (Å²) >= 11 is 0. The second-order valence-electron chi connectivity index (χ2n) is 8.02. The Bertz CT molecular complexity index is 772. The van der Waals surface area contributed by atoms with Gasteiger partial charge in [0.2, 0.25) is 0 Å². The van der Waals surface area contributed by atoms with Crippen LogP contribution in [0.2, 0.25) is 0 Å². The smallest absolute Gasteiger partial charge is 0.254 e. The van der Waals surface area contributed by atoms with Gasteiger partial charge in [0.1, 0.15) is 0 Å². The van der Waals surface area contributed by atoms with Gasteiger partial charge >= 0.3 is 0 Å². The van der Waals surface area contributed by atoms with E-state index in [2.05, 4.69) is 34.9 Å². The fraction of sp³-hybridized carbons (Fsp3) is 0.571. The Kier molecular flexibility index (Phi) is 4.42. The Labute approximate surface area is 159 Å². The molecule has 1 aromatic carbocycles. The van der Waals surface area contributed by atoms with E-state index in [1.165, 1.54) is 27.5 Å². The van der Waals surface area contributed by atoms with E-state index < -0.39 is 0 Å². The predicted molar refractivity (Wildman–Crippen MR) is 103 cm³/mol. The zero-order chi connectivity index (χ0) is 18.4. The highest BCUT2D eigenvalue weighted by Crippen LogP contribution is 2.46. The summed E-state index contributed by atoms with van der Waals surface area (Å²) in [7, 11) is 1.74. The number of carbonyl (C=O) groups is 1. The van der Waals surface area contributed by atoms with Crippen molar-refractivity contribution in [3.05, 3.63) is 35.4 Å². The number of anilines is 1. The van der Waals surface area contributed by atoms with E-state index in [0.717, 1.165) is 25.8 Å². The number of nitrogens with one attached hydrogen (secondary N) is 2. The average Bonchev–Trinajstić information content (AvgIpc) is 3.12. The number of hydrogen-bond donors (Lipinski definition) is 2. The van der Waals surface area contributed by atoms with Crippen LogP contribution in [0.3, 0.4) is 0 Å². The van der Waals surface area contributed by atoms with Gasteiger partial charge in [0.15, 0.2) is 0 Å². The second kappa shape index (κ2) is 6.93. The van der Waals surface area contributed by atoms with E-state index in [1.807, 2.05) is 0 Å². The maximum Gasteiger partial charge on any atom is 0.254 e. The van der Waals surface area contributed by atoms with Gasteiger partial charge in [0.05, 0.1) is 12.0 Å². The molecule has 0 bridgehead atoms. The molecular weight excluding hydrogens is 342 g/mol. The lowest BCUT2D eigenvalue weighted by molar-refractivity contribution is -0.209. The molecule has 0 spiro atoms. The van der Waals surface area contributed by atoms with Crippen LogP contribution in [0.1, 0.15) is 36.3 Å². The largest absolute Gasteiger partial charge is 0.384 e. The second-order valence-corrected chi connectivity index (χ2v) is 8.02. The normalized spacial score (nSPS) is 29.4. The molecule has 0 aromatic heterocycles. The lowest BCUT2D eigenvalue weighted by Gasteiger charge is -2.37. The molecule has 3 aliphatic heterocycles. The van der Waals surface area contributed by atoms with E-state index in [0.29, 0.717) is 31.7 Å². The van der Waals surface area contributed by atoms with Crippen LogP contribution in [0.4, 0.5) is 5.69 Å². The summed E-state index contributed by atoms with van der Waals surface area (Å²) in [6, 6.07) is 6.81. The van der Waals surface area contributed by atoms with Crippen molar-refractivity contribution < 1.29 is 14.4 Å². The molecule has 1 fully saturated rings. The van der Waals surface area contributed by atoms with Crippen LogP contribution in [0.5, 0.6) is 0 Å². The molecule has 1 aromatic rings. The third kappa shape index (κ3) is 3.06. The summed E-state index contributed by atoms with van der Waals surface area (Å²) < 4.78 is 5.37. The van der Waals surface area contributed by atoms with Crippen molar-refractivity contribution in [2.75, 3.05) is 38.7 Å². The summed E-state index contributed by atoms with van der Waals surface area (Å²) in [5.74, 6) is 0.397. The van der Waals surface area contributed by atoms with Crippen molar-refractivity contribution in [2.24, 2.45) is 5.92 Å². The summed E-state index contributed by atoms with van der Waals surface area (Å²) in [6.07, 6.45) is 5.03. The standard InChI is InChI=1S/C21H27N3O3/c1-24(27-15-5-7-26-8-6-15)21(25)14-9-17-16-3-2-4-18-20(16)13(11-22-18)10-19(17)23-12-14/h2-4,9,13-15,19,22-23H,5-8,10-12H2,1H3/t13?,14-,19-/m1/s1. The minimum absolute atomic E-state index is 0.0211. The van der Waals surface area contributed by atoms with E-state index in [9.17, 15) is 4.79 Å². The van der Waals surface area contributed by atoms with Gasteiger partial charge in [0, 0.05) is 51.0 Å². The molecule has 6 nitrogen and oxygen atoms in total. The zero-order valence-corrected chi connectivity index (χ0v) is 15.7. The number of hydrogen-bond acceptors (Lipinski definition) is 5. The number of carbonyl (C=O) groups excluding carboxylic acids is 1. The monoisotopic (exact) mass is 369 g/mol. The maximum atomic E-state index is 13.0. The van der Waals surface area contributed by atoms with Crippen LogP contribution in [0.15, 0.2) is 24.3 Å². The fourth-order valence-electron chi connectivity index (χ4n) is 4.94. The van der Waals surface area contributed by atoms with Crippen LogP contribution in [0, 0.1) is 5.92 Å². The lowest BCUT2D eigenvalue weighted by atomic mass is 9.75. The molecule has 3 atom stereocenters. The van der Waals surface area contributed by atoms with Gasteiger partial charge in [-0.25, -0.2) is 5.06 Å². The number of nitrogens with zero attached hydrogens (tertiary/aromatic N) is 1. The van der Waals surface area contributed by atoms with Gasteiger partial charge in [-0.3, -0.25) is 9.63 Å². The first-order valence-electron chi connectivity index (χ1n) is 10.0. The first kappa shape index (κ1) is 17.2. The fourth-order valence-corrected chi connectivity index (χ4v) is 4.94. The quantitative estimate of drug-likeness (QED) is 0.800. The van der Waals surface area contributed by atoms with Gasteiger partial charge in [-0.15, -0.1) is 0 Å². The van der Waals surface area contributed by atoms with E-state index in [-0.39, 0.29) is 17.9 Å². The molecule has 144 valence electrons. The van der Waals surface area contributed by atoms with Gasteiger partial charge in [-0.2, -0.15) is 0 Å². The number of rotatable bonds is 3. The van der Waals surface area contributed by atoms with Crippen molar-refractivity contribution in [2.45, 2.75) is 37.3 Å². The molecule has 0 saturated carbocycles. The number of benzene rings is 1. The minimum atomic E-state index is -0.192. The summed E-state index contributed by atoms with van der Waals surface area (Å²) in [6.45, 7) is 3.10. The molecular formula is C21H27N3O3. The Hall–Kier alpha value is -1.89. The molecule has 1 unspecified atom stereocenters. The summed E-state index contributed by atoms with van der Waals surface area (Å²) in [5, 5.41) is 8.60. The molecule has 1 amide bonds. The van der Waals surface area contributed by atoms with Gasteiger partial charge in [-0.1, -0.05) is 18.2 Å². The van der Waals surface area contributed by atoms with E-state index >= 15 is 0 Å². The molecule has 2 N–H and O–H groups in total. The SMILES string of the molecule is CN(OC1CCOCC1)C(=O)[C@@H]1C=C2c3cccc4c3C(CN4)C[C@H]2NC1. The Morgan fingerprint density at radius 1 is 1.26 bits per heavy atom. The van der Waals surface area contributed by atoms with E-state index in [1.54, 1.807) is 7.05 Å². The summed E-state index contributed by atoms with van der Waals surface area (Å²) in [5.41, 5.74) is 5.26. The van der Waals surface area contributed by atoms with Crippen molar-refractivity contribution in [1.29, 1.82) is 0 Å². The number of hydroxylamine groups is 2. The van der Waals surface area contributed by atoms with Crippen LogP contribution in [-0.2, 0) is 14.4 Å². The molecule has 4 aliphatic rings. The number of fused-ring (bicyclic) bond motifs is 2.